The van der Waals surface area contributed by atoms with Gasteiger partial charge in [0.15, 0.2) is 9.84 Å². The highest BCUT2D eigenvalue weighted by Crippen LogP contribution is 2.18. The molecule has 0 saturated heterocycles. The molecule has 0 aliphatic heterocycles. The van der Waals surface area contributed by atoms with E-state index in [1.54, 1.807) is 6.07 Å². The first kappa shape index (κ1) is 14.9. The summed E-state index contributed by atoms with van der Waals surface area (Å²) in [5, 5.41) is 13.8. The summed E-state index contributed by atoms with van der Waals surface area (Å²) in [5.74, 6) is 0. The second-order valence-electron chi connectivity index (χ2n) is 4.57. The maximum atomic E-state index is 11.0. The number of nitrogens with zero attached hydrogens (tertiary/aromatic N) is 1. The molecule has 2 aromatic carbocycles. The van der Waals surface area contributed by atoms with E-state index in [4.69, 9.17) is 0 Å². The topological polar surface area (TPSA) is 77.3 Å². The van der Waals surface area contributed by atoms with Crippen molar-refractivity contribution in [3.05, 3.63) is 75.3 Å². The number of rotatable bonds is 4. The van der Waals surface area contributed by atoms with Crippen LogP contribution in [-0.4, -0.2) is 19.6 Å². The Morgan fingerprint density at radius 2 is 1.81 bits per heavy atom. The van der Waals surface area contributed by atoms with Gasteiger partial charge in [-0.15, -0.1) is 0 Å². The van der Waals surface area contributed by atoms with Crippen LogP contribution < -0.4 is 0 Å². The molecule has 0 heterocycles. The van der Waals surface area contributed by atoms with Gasteiger partial charge in [0.2, 0.25) is 0 Å². The van der Waals surface area contributed by atoms with Crippen molar-refractivity contribution in [1.82, 2.24) is 0 Å². The van der Waals surface area contributed by atoms with E-state index in [1.807, 2.05) is 36.4 Å². The molecule has 0 atom stereocenters. The third kappa shape index (κ3) is 4.25. The summed E-state index contributed by atoms with van der Waals surface area (Å²) in [5.41, 5.74) is 0.356. The van der Waals surface area contributed by atoms with Gasteiger partial charge in [-0.05, 0) is 22.4 Å². The van der Waals surface area contributed by atoms with Crippen LogP contribution in [0.25, 0.3) is 16.8 Å². The first-order chi connectivity index (χ1) is 9.85. The monoisotopic (exact) mass is 303 g/mol. The molecule has 0 spiro atoms. The van der Waals surface area contributed by atoms with E-state index >= 15 is 0 Å². The SMILES string of the molecule is CS(=O)(=O)/C=C\C(=C/c1ccc2ccccc2c1)[N+](=O)[O-]. The van der Waals surface area contributed by atoms with Crippen molar-refractivity contribution in [2.75, 3.05) is 6.26 Å². The number of sulfone groups is 1. The lowest BCUT2D eigenvalue weighted by molar-refractivity contribution is -0.417. The quantitative estimate of drug-likeness (QED) is 0.494. The maximum absolute atomic E-state index is 11.0. The molecule has 0 fully saturated rings. The van der Waals surface area contributed by atoms with Crippen LogP contribution in [-0.2, 0) is 9.84 Å². The summed E-state index contributed by atoms with van der Waals surface area (Å²) < 4.78 is 22.1. The highest BCUT2D eigenvalue weighted by molar-refractivity contribution is 7.93. The minimum absolute atomic E-state index is 0.282. The number of hydrogen-bond acceptors (Lipinski definition) is 4. The van der Waals surface area contributed by atoms with Gasteiger partial charge < -0.3 is 0 Å². The molecule has 2 aromatic rings. The molecular formula is C15H13NO4S. The molecule has 0 bridgehead atoms. The van der Waals surface area contributed by atoms with E-state index in [0.717, 1.165) is 28.5 Å². The molecule has 0 aromatic heterocycles. The zero-order valence-electron chi connectivity index (χ0n) is 11.3. The fraction of sp³-hybridized carbons (Fsp3) is 0.0667. The van der Waals surface area contributed by atoms with Crippen LogP contribution in [0.15, 0.2) is 59.6 Å². The normalized spacial score (nSPS) is 12.9. The molecule has 0 unspecified atom stereocenters. The second-order valence-corrected chi connectivity index (χ2v) is 6.50. The lowest BCUT2D eigenvalue weighted by Gasteiger charge is -1.99. The molecule has 21 heavy (non-hydrogen) atoms. The molecule has 0 aliphatic carbocycles. The molecular weight excluding hydrogens is 290 g/mol. The summed E-state index contributed by atoms with van der Waals surface area (Å²) in [6.45, 7) is 0. The van der Waals surface area contributed by atoms with Crippen molar-refractivity contribution in [1.29, 1.82) is 0 Å². The Kier molecular flexibility index (Phi) is 4.18. The third-order valence-corrected chi connectivity index (χ3v) is 3.42. The van der Waals surface area contributed by atoms with Gasteiger partial charge in [0.25, 0.3) is 5.70 Å². The predicted molar refractivity (Wildman–Crippen MR) is 82.9 cm³/mol. The van der Waals surface area contributed by atoms with Gasteiger partial charge in [-0.25, -0.2) is 8.42 Å². The Hall–Kier alpha value is -2.47. The molecule has 0 amide bonds. The lowest BCUT2D eigenvalue weighted by Crippen LogP contribution is -1.97. The van der Waals surface area contributed by atoms with Crippen molar-refractivity contribution in [2.24, 2.45) is 0 Å². The Morgan fingerprint density at radius 3 is 2.43 bits per heavy atom. The van der Waals surface area contributed by atoms with Crippen LogP contribution in [0.5, 0.6) is 0 Å². The van der Waals surface area contributed by atoms with Gasteiger partial charge in [0, 0.05) is 23.8 Å². The van der Waals surface area contributed by atoms with E-state index in [1.165, 1.54) is 6.08 Å². The Balaban J connectivity index is 2.45. The lowest BCUT2D eigenvalue weighted by atomic mass is 10.1. The fourth-order valence-electron chi connectivity index (χ4n) is 1.82. The van der Waals surface area contributed by atoms with Gasteiger partial charge in [0.05, 0.1) is 4.92 Å². The highest BCUT2D eigenvalue weighted by atomic mass is 32.2. The standard InChI is InChI=1S/C15H13NO4S/c1-21(19,20)9-8-15(16(17)18)11-12-6-7-13-4-2-3-5-14(13)10-12/h2-11H,1H3/b9-8-,15-11+. The van der Waals surface area contributed by atoms with E-state index in [0.29, 0.717) is 5.56 Å². The summed E-state index contributed by atoms with van der Waals surface area (Å²) in [6.07, 6.45) is 3.32. The molecule has 0 radical (unpaired) electrons. The van der Waals surface area contributed by atoms with Crippen LogP contribution in [0.2, 0.25) is 0 Å². The van der Waals surface area contributed by atoms with Crippen LogP contribution in [0.4, 0.5) is 0 Å². The highest BCUT2D eigenvalue weighted by Gasteiger charge is 2.08. The molecule has 6 heteroatoms. The number of hydrogen-bond donors (Lipinski definition) is 0. The summed E-state index contributed by atoms with van der Waals surface area (Å²) in [6, 6.07) is 13.1. The third-order valence-electron chi connectivity index (χ3n) is 2.78. The van der Waals surface area contributed by atoms with Crippen LogP contribution in [0.1, 0.15) is 5.56 Å². The number of fused-ring (bicyclic) bond motifs is 1. The Morgan fingerprint density at radius 1 is 1.14 bits per heavy atom. The summed E-state index contributed by atoms with van der Waals surface area (Å²) in [7, 11) is -3.41. The predicted octanol–water partition coefficient (Wildman–Crippen LogP) is 3.02. The van der Waals surface area contributed by atoms with Gasteiger partial charge in [0.1, 0.15) is 0 Å². The molecule has 0 saturated carbocycles. The van der Waals surface area contributed by atoms with E-state index in [2.05, 4.69) is 0 Å². The van der Waals surface area contributed by atoms with Crippen LogP contribution >= 0.6 is 0 Å². The Bertz CT molecular complexity index is 851. The fourth-order valence-corrected chi connectivity index (χ4v) is 2.21. The molecule has 0 N–H and O–H groups in total. The minimum atomic E-state index is -3.41. The van der Waals surface area contributed by atoms with Crippen molar-refractivity contribution >= 4 is 26.7 Å². The molecule has 2 rings (SSSR count). The first-order valence-corrected chi connectivity index (χ1v) is 8.04. The van der Waals surface area contributed by atoms with Gasteiger partial charge in [-0.1, -0.05) is 36.4 Å². The zero-order chi connectivity index (χ0) is 15.5. The zero-order valence-corrected chi connectivity index (χ0v) is 12.1. The summed E-state index contributed by atoms with van der Waals surface area (Å²) in [4.78, 5) is 10.4. The van der Waals surface area contributed by atoms with Gasteiger partial charge in [-0.3, -0.25) is 10.1 Å². The van der Waals surface area contributed by atoms with Crippen molar-refractivity contribution in [3.63, 3.8) is 0 Å². The Labute approximate surface area is 122 Å². The van der Waals surface area contributed by atoms with Crippen molar-refractivity contribution in [3.8, 4) is 0 Å². The van der Waals surface area contributed by atoms with E-state index in [-0.39, 0.29) is 5.70 Å². The number of benzene rings is 2. The average molecular weight is 303 g/mol. The number of nitro groups is 1. The van der Waals surface area contributed by atoms with E-state index < -0.39 is 14.8 Å². The van der Waals surface area contributed by atoms with Crippen LogP contribution in [0, 0.1) is 10.1 Å². The second kappa shape index (κ2) is 5.88. The minimum Gasteiger partial charge on any atom is -0.258 e. The first-order valence-electron chi connectivity index (χ1n) is 6.08. The molecule has 0 aliphatic rings. The smallest absolute Gasteiger partial charge is 0.258 e. The average Bonchev–Trinajstić information content (AvgIpc) is 2.42. The van der Waals surface area contributed by atoms with Crippen molar-refractivity contribution in [2.45, 2.75) is 0 Å². The van der Waals surface area contributed by atoms with Crippen molar-refractivity contribution < 1.29 is 13.3 Å². The van der Waals surface area contributed by atoms with E-state index in [9.17, 15) is 18.5 Å². The molecule has 108 valence electrons. The largest absolute Gasteiger partial charge is 0.270 e. The van der Waals surface area contributed by atoms with Crippen LogP contribution in [0.3, 0.4) is 0 Å². The maximum Gasteiger partial charge on any atom is 0.270 e. The molecule has 5 nitrogen and oxygen atoms in total. The number of allylic oxidation sites excluding steroid dienone is 1. The van der Waals surface area contributed by atoms with Gasteiger partial charge in [-0.2, -0.15) is 0 Å². The summed E-state index contributed by atoms with van der Waals surface area (Å²) >= 11 is 0. The van der Waals surface area contributed by atoms with Gasteiger partial charge >= 0.3 is 0 Å².